The topological polar surface area (TPSA) is 12.0 Å². The molecule has 0 radical (unpaired) electrons. The molecule has 0 heterocycles. The number of halogens is 3. The zero-order chi connectivity index (χ0) is 15.4. The van der Waals surface area contributed by atoms with Gasteiger partial charge >= 0.3 is 0 Å². The van der Waals surface area contributed by atoms with Crippen molar-refractivity contribution in [2.75, 3.05) is 0 Å². The van der Waals surface area contributed by atoms with E-state index in [0.717, 1.165) is 16.5 Å². The molecule has 1 N–H and O–H groups in total. The maximum Gasteiger partial charge on any atom is 0.0595 e. The zero-order valence-corrected chi connectivity index (χ0v) is 15.1. The van der Waals surface area contributed by atoms with Crippen LogP contribution in [-0.2, 0) is 0 Å². The third kappa shape index (κ3) is 4.46. The zero-order valence-electron chi connectivity index (χ0n) is 12.0. The van der Waals surface area contributed by atoms with Crippen LogP contribution in [0.5, 0.6) is 0 Å². The van der Waals surface area contributed by atoms with Crippen LogP contribution in [0.2, 0.25) is 10.0 Å². The molecule has 0 aromatic heterocycles. The highest BCUT2D eigenvalue weighted by atomic mass is 79.9. The molecule has 0 saturated carbocycles. The Bertz CT molecular complexity index is 598. The van der Waals surface area contributed by atoms with Crippen LogP contribution in [0.1, 0.15) is 43.5 Å². The number of nitrogens with one attached hydrogen (secondary N) is 1. The molecule has 0 amide bonds. The minimum atomic E-state index is 0.249. The van der Waals surface area contributed by atoms with Crippen molar-refractivity contribution in [3.63, 3.8) is 0 Å². The van der Waals surface area contributed by atoms with E-state index in [4.69, 9.17) is 23.2 Å². The molecule has 21 heavy (non-hydrogen) atoms. The van der Waals surface area contributed by atoms with Gasteiger partial charge in [0.25, 0.3) is 0 Å². The van der Waals surface area contributed by atoms with Gasteiger partial charge in [-0.25, -0.2) is 0 Å². The van der Waals surface area contributed by atoms with Crippen molar-refractivity contribution in [2.45, 2.75) is 32.4 Å². The molecule has 0 bridgehead atoms. The van der Waals surface area contributed by atoms with E-state index in [0.29, 0.717) is 10.0 Å². The van der Waals surface area contributed by atoms with Gasteiger partial charge in [0.1, 0.15) is 0 Å². The Balaban J connectivity index is 2.14. The van der Waals surface area contributed by atoms with E-state index in [-0.39, 0.29) is 12.1 Å². The van der Waals surface area contributed by atoms with Crippen molar-refractivity contribution in [3.05, 3.63) is 68.1 Å². The van der Waals surface area contributed by atoms with Crippen molar-refractivity contribution in [3.8, 4) is 0 Å². The maximum absolute atomic E-state index is 6.12. The number of hydrogen-bond acceptors (Lipinski definition) is 1. The second-order valence-corrected chi connectivity index (χ2v) is 6.80. The molecule has 2 atom stereocenters. The van der Waals surface area contributed by atoms with E-state index in [2.05, 4.69) is 59.4 Å². The third-order valence-electron chi connectivity index (χ3n) is 3.58. The SMILES string of the molecule is CCC(NC(C)c1ccc(Br)cc1)c1ccc(Cl)c(Cl)c1. The molecule has 112 valence electrons. The molecule has 2 rings (SSSR count). The number of benzene rings is 2. The van der Waals surface area contributed by atoms with Gasteiger partial charge < -0.3 is 5.32 Å². The van der Waals surface area contributed by atoms with Crippen LogP contribution in [0.4, 0.5) is 0 Å². The second kappa shape index (κ2) is 7.64. The summed E-state index contributed by atoms with van der Waals surface area (Å²) < 4.78 is 1.09. The molecule has 0 spiro atoms. The Morgan fingerprint density at radius 2 is 1.62 bits per heavy atom. The third-order valence-corrected chi connectivity index (χ3v) is 4.84. The summed E-state index contributed by atoms with van der Waals surface area (Å²) in [6, 6.07) is 14.7. The average Bonchev–Trinajstić information content (AvgIpc) is 2.48. The first kappa shape index (κ1) is 16.8. The highest BCUT2D eigenvalue weighted by Gasteiger charge is 2.14. The first-order valence-corrected chi connectivity index (χ1v) is 8.52. The Labute approximate surface area is 144 Å². The lowest BCUT2D eigenvalue weighted by molar-refractivity contribution is 0.456. The molecule has 2 unspecified atom stereocenters. The Hall–Kier alpha value is -0.540. The fraction of sp³-hybridized carbons (Fsp3) is 0.294. The van der Waals surface area contributed by atoms with Gasteiger partial charge in [-0.15, -0.1) is 0 Å². The lowest BCUT2D eigenvalue weighted by Gasteiger charge is -2.23. The predicted molar refractivity (Wildman–Crippen MR) is 95.2 cm³/mol. The summed E-state index contributed by atoms with van der Waals surface area (Å²) in [5.74, 6) is 0. The summed E-state index contributed by atoms with van der Waals surface area (Å²) >= 11 is 15.6. The van der Waals surface area contributed by atoms with Gasteiger partial charge in [-0.05, 0) is 48.7 Å². The fourth-order valence-electron chi connectivity index (χ4n) is 2.33. The minimum Gasteiger partial charge on any atom is -0.303 e. The molecule has 0 aliphatic rings. The fourth-order valence-corrected chi connectivity index (χ4v) is 2.90. The summed E-state index contributed by atoms with van der Waals surface area (Å²) in [6.07, 6.45) is 0.985. The minimum absolute atomic E-state index is 0.249. The monoisotopic (exact) mass is 385 g/mol. The van der Waals surface area contributed by atoms with Crippen molar-refractivity contribution in [1.29, 1.82) is 0 Å². The number of rotatable bonds is 5. The average molecular weight is 387 g/mol. The van der Waals surface area contributed by atoms with Crippen LogP contribution in [0, 0.1) is 0 Å². The van der Waals surface area contributed by atoms with Crippen molar-refractivity contribution in [2.24, 2.45) is 0 Å². The molecule has 2 aromatic rings. The summed E-state index contributed by atoms with van der Waals surface area (Å²) in [4.78, 5) is 0. The molecular weight excluding hydrogens is 369 g/mol. The van der Waals surface area contributed by atoms with Crippen molar-refractivity contribution >= 4 is 39.1 Å². The number of hydrogen-bond donors (Lipinski definition) is 1. The Kier molecular flexibility index (Phi) is 6.12. The highest BCUT2D eigenvalue weighted by molar-refractivity contribution is 9.10. The van der Waals surface area contributed by atoms with Gasteiger partial charge in [0, 0.05) is 16.6 Å². The van der Waals surface area contributed by atoms with Crippen LogP contribution in [0.25, 0.3) is 0 Å². The molecule has 1 nitrogen and oxygen atoms in total. The molecule has 2 aromatic carbocycles. The molecule has 0 saturated heterocycles. The quantitative estimate of drug-likeness (QED) is 0.613. The van der Waals surface area contributed by atoms with Crippen molar-refractivity contribution < 1.29 is 0 Å². The van der Waals surface area contributed by atoms with E-state index < -0.39 is 0 Å². The highest BCUT2D eigenvalue weighted by Crippen LogP contribution is 2.28. The standard InChI is InChI=1S/C17H18BrCl2N/c1-3-17(13-6-9-15(19)16(20)10-13)21-11(2)12-4-7-14(18)8-5-12/h4-11,17,21H,3H2,1-2H3. The van der Waals surface area contributed by atoms with Gasteiger partial charge in [-0.2, -0.15) is 0 Å². The molecule has 0 fully saturated rings. The lowest BCUT2D eigenvalue weighted by atomic mass is 10.0. The summed E-state index contributed by atoms with van der Waals surface area (Å²) in [6.45, 7) is 4.33. The predicted octanol–water partition coefficient (Wildman–Crippen LogP) is 6.56. The van der Waals surface area contributed by atoms with Gasteiger partial charge in [-0.3, -0.25) is 0 Å². The molecule has 4 heteroatoms. The normalized spacial score (nSPS) is 14.0. The first-order valence-electron chi connectivity index (χ1n) is 6.97. The van der Waals surface area contributed by atoms with Crippen LogP contribution in [-0.4, -0.2) is 0 Å². The Morgan fingerprint density at radius 3 is 2.19 bits per heavy atom. The Morgan fingerprint density at radius 1 is 1.00 bits per heavy atom. The first-order chi connectivity index (χ1) is 10.0. The largest absolute Gasteiger partial charge is 0.303 e. The van der Waals surface area contributed by atoms with E-state index in [1.807, 2.05) is 18.2 Å². The van der Waals surface area contributed by atoms with Crippen LogP contribution in [0.3, 0.4) is 0 Å². The van der Waals surface area contributed by atoms with E-state index in [1.165, 1.54) is 5.56 Å². The van der Waals surface area contributed by atoms with E-state index in [1.54, 1.807) is 0 Å². The molecule has 0 aliphatic heterocycles. The lowest BCUT2D eigenvalue weighted by Crippen LogP contribution is -2.24. The molecule has 0 aliphatic carbocycles. The summed E-state index contributed by atoms with van der Waals surface area (Å²) in [7, 11) is 0. The smallest absolute Gasteiger partial charge is 0.0595 e. The molecular formula is C17H18BrCl2N. The van der Waals surface area contributed by atoms with E-state index >= 15 is 0 Å². The van der Waals surface area contributed by atoms with Crippen LogP contribution in [0.15, 0.2) is 46.9 Å². The second-order valence-electron chi connectivity index (χ2n) is 5.07. The van der Waals surface area contributed by atoms with E-state index in [9.17, 15) is 0 Å². The summed E-state index contributed by atoms with van der Waals surface area (Å²) in [5, 5.41) is 4.84. The van der Waals surface area contributed by atoms with Gasteiger partial charge in [0.2, 0.25) is 0 Å². The van der Waals surface area contributed by atoms with Crippen LogP contribution >= 0.6 is 39.1 Å². The van der Waals surface area contributed by atoms with Gasteiger partial charge in [0.05, 0.1) is 10.0 Å². The maximum atomic E-state index is 6.12. The van der Waals surface area contributed by atoms with Gasteiger partial charge in [0.15, 0.2) is 0 Å². The summed E-state index contributed by atoms with van der Waals surface area (Å²) in [5.41, 5.74) is 2.42. The van der Waals surface area contributed by atoms with Crippen molar-refractivity contribution in [1.82, 2.24) is 5.32 Å². The van der Waals surface area contributed by atoms with Gasteiger partial charge in [-0.1, -0.05) is 64.3 Å². The van der Waals surface area contributed by atoms with Crippen LogP contribution < -0.4 is 5.32 Å².